The summed E-state index contributed by atoms with van der Waals surface area (Å²) in [5.74, 6) is 0.898. The fourth-order valence-corrected chi connectivity index (χ4v) is 2.16. The zero-order chi connectivity index (χ0) is 13.8. The van der Waals surface area contributed by atoms with E-state index in [0.29, 0.717) is 0 Å². The van der Waals surface area contributed by atoms with Crippen LogP contribution in [0.15, 0.2) is 36.4 Å². The lowest BCUT2D eigenvalue weighted by Crippen LogP contribution is -2.03. The van der Waals surface area contributed by atoms with Crippen LogP contribution in [0.25, 0.3) is 0 Å². The minimum atomic E-state index is 0.848. The van der Waals surface area contributed by atoms with Crippen molar-refractivity contribution in [1.82, 2.24) is 0 Å². The molecular formula is C17H21NO. The minimum Gasteiger partial charge on any atom is -0.497 e. The summed E-state index contributed by atoms with van der Waals surface area (Å²) in [6.45, 7) is 7.26. The predicted octanol–water partition coefficient (Wildman–Crippen LogP) is 4.23. The Balaban J connectivity index is 2.12. The molecule has 2 heteroatoms. The molecule has 1 N–H and O–H groups in total. The van der Waals surface area contributed by atoms with Crippen molar-refractivity contribution in [2.24, 2.45) is 0 Å². The summed E-state index contributed by atoms with van der Waals surface area (Å²) in [7, 11) is 1.69. The van der Waals surface area contributed by atoms with Gasteiger partial charge in [0.15, 0.2) is 0 Å². The first kappa shape index (κ1) is 13.5. The SMILES string of the molecule is COc1ccc(NCc2cccc(C)c2C)c(C)c1. The highest BCUT2D eigenvalue weighted by atomic mass is 16.5. The van der Waals surface area contributed by atoms with E-state index in [2.05, 4.69) is 50.4 Å². The second-order valence-electron chi connectivity index (χ2n) is 4.89. The molecule has 2 aromatic rings. The Morgan fingerprint density at radius 1 is 1.00 bits per heavy atom. The highest BCUT2D eigenvalue weighted by Crippen LogP contribution is 2.22. The Morgan fingerprint density at radius 2 is 1.79 bits per heavy atom. The third-order valence-corrected chi connectivity index (χ3v) is 3.62. The third kappa shape index (κ3) is 3.08. The van der Waals surface area contributed by atoms with Crippen LogP contribution in [0.1, 0.15) is 22.3 Å². The normalized spacial score (nSPS) is 10.3. The van der Waals surface area contributed by atoms with Gasteiger partial charge in [-0.3, -0.25) is 0 Å². The maximum atomic E-state index is 5.22. The van der Waals surface area contributed by atoms with E-state index in [1.807, 2.05) is 12.1 Å². The molecule has 0 aliphatic rings. The van der Waals surface area contributed by atoms with Crippen LogP contribution in [0.5, 0.6) is 5.75 Å². The van der Waals surface area contributed by atoms with Crippen LogP contribution in [-0.4, -0.2) is 7.11 Å². The molecule has 0 saturated carbocycles. The minimum absolute atomic E-state index is 0.848. The molecule has 0 aliphatic heterocycles. The van der Waals surface area contributed by atoms with E-state index in [1.165, 1.54) is 22.3 Å². The summed E-state index contributed by atoms with van der Waals surface area (Å²) in [4.78, 5) is 0. The number of anilines is 1. The van der Waals surface area contributed by atoms with E-state index in [1.54, 1.807) is 7.11 Å². The van der Waals surface area contributed by atoms with Gasteiger partial charge in [-0.15, -0.1) is 0 Å². The summed E-state index contributed by atoms with van der Waals surface area (Å²) in [6, 6.07) is 12.5. The van der Waals surface area contributed by atoms with Crippen molar-refractivity contribution in [1.29, 1.82) is 0 Å². The molecule has 0 unspecified atom stereocenters. The summed E-state index contributed by atoms with van der Waals surface area (Å²) in [5, 5.41) is 3.49. The van der Waals surface area contributed by atoms with Crippen LogP contribution in [0.2, 0.25) is 0 Å². The smallest absolute Gasteiger partial charge is 0.119 e. The maximum Gasteiger partial charge on any atom is 0.119 e. The molecule has 2 rings (SSSR count). The van der Waals surface area contributed by atoms with E-state index in [9.17, 15) is 0 Å². The molecule has 0 aromatic heterocycles. The average molecular weight is 255 g/mol. The first-order valence-electron chi connectivity index (χ1n) is 6.55. The third-order valence-electron chi connectivity index (χ3n) is 3.62. The molecule has 0 spiro atoms. The summed E-state index contributed by atoms with van der Waals surface area (Å²) < 4.78 is 5.22. The van der Waals surface area contributed by atoms with Gasteiger partial charge < -0.3 is 10.1 Å². The van der Waals surface area contributed by atoms with Crippen molar-refractivity contribution in [3.8, 4) is 5.75 Å². The summed E-state index contributed by atoms with van der Waals surface area (Å²) in [5.41, 5.74) is 6.40. The molecule has 2 nitrogen and oxygen atoms in total. The highest BCUT2D eigenvalue weighted by Gasteiger charge is 2.03. The van der Waals surface area contributed by atoms with E-state index >= 15 is 0 Å². The van der Waals surface area contributed by atoms with E-state index in [4.69, 9.17) is 4.74 Å². The van der Waals surface area contributed by atoms with Crippen molar-refractivity contribution in [3.05, 3.63) is 58.7 Å². The first-order valence-corrected chi connectivity index (χ1v) is 6.55. The second kappa shape index (κ2) is 5.79. The second-order valence-corrected chi connectivity index (χ2v) is 4.89. The Bertz CT molecular complexity index is 575. The number of ether oxygens (including phenoxy) is 1. The largest absolute Gasteiger partial charge is 0.497 e. The van der Waals surface area contributed by atoms with Crippen molar-refractivity contribution >= 4 is 5.69 Å². The van der Waals surface area contributed by atoms with Gasteiger partial charge in [0.2, 0.25) is 0 Å². The van der Waals surface area contributed by atoms with Gasteiger partial charge in [-0.1, -0.05) is 18.2 Å². The van der Waals surface area contributed by atoms with Crippen molar-refractivity contribution in [3.63, 3.8) is 0 Å². The summed E-state index contributed by atoms with van der Waals surface area (Å²) in [6.07, 6.45) is 0. The Morgan fingerprint density at radius 3 is 2.47 bits per heavy atom. The number of benzene rings is 2. The Labute approximate surface area is 115 Å². The topological polar surface area (TPSA) is 21.3 Å². The molecule has 0 bridgehead atoms. The Kier molecular flexibility index (Phi) is 4.10. The Hall–Kier alpha value is -1.96. The average Bonchev–Trinajstić information content (AvgIpc) is 2.41. The molecule has 0 atom stereocenters. The molecule has 0 radical (unpaired) electrons. The molecule has 0 heterocycles. The fraction of sp³-hybridized carbons (Fsp3) is 0.294. The molecule has 0 amide bonds. The number of rotatable bonds is 4. The number of methoxy groups -OCH3 is 1. The molecular weight excluding hydrogens is 234 g/mol. The maximum absolute atomic E-state index is 5.22. The molecule has 100 valence electrons. The zero-order valence-electron chi connectivity index (χ0n) is 12.1. The lowest BCUT2D eigenvalue weighted by Gasteiger charge is -2.13. The van der Waals surface area contributed by atoms with Crippen molar-refractivity contribution in [2.75, 3.05) is 12.4 Å². The quantitative estimate of drug-likeness (QED) is 0.882. The van der Waals surface area contributed by atoms with Crippen molar-refractivity contribution in [2.45, 2.75) is 27.3 Å². The van der Waals surface area contributed by atoms with E-state index in [-0.39, 0.29) is 0 Å². The molecule has 0 fully saturated rings. The fourth-order valence-electron chi connectivity index (χ4n) is 2.16. The van der Waals surface area contributed by atoms with Crippen LogP contribution in [0.4, 0.5) is 5.69 Å². The molecule has 0 aliphatic carbocycles. The van der Waals surface area contributed by atoms with Gasteiger partial charge in [-0.2, -0.15) is 0 Å². The number of hydrogen-bond donors (Lipinski definition) is 1. The lowest BCUT2D eigenvalue weighted by atomic mass is 10.0. The van der Waals surface area contributed by atoms with Gasteiger partial charge in [0.05, 0.1) is 7.11 Å². The predicted molar refractivity (Wildman–Crippen MR) is 81.0 cm³/mol. The van der Waals surface area contributed by atoms with Gasteiger partial charge in [0, 0.05) is 12.2 Å². The summed E-state index contributed by atoms with van der Waals surface area (Å²) >= 11 is 0. The van der Waals surface area contributed by atoms with Gasteiger partial charge in [-0.05, 0) is 61.2 Å². The number of nitrogens with one attached hydrogen (secondary N) is 1. The van der Waals surface area contributed by atoms with Gasteiger partial charge in [-0.25, -0.2) is 0 Å². The van der Waals surface area contributed by atoms with E-state index < -0.39 is 0 Å². The van der Waals surface area contributed by atoms with Crippen LogP contribution >= 0.6 is 0 Å². The zero-order valence-corrected chi connectivity index (χ0v) is 12.1. The molecule has 2 aromatic carbocycles. The lowest BCUT2D eigenvalue weighted by molar-refractivity contribution is 0.414. The monoisotopic (exact) mass is 255 g/mol. The van der Waals surface area contributed by atoms with Crippen LogP contribution in [0.3, 0.4) is 0 Å². The van der Waals surface area contributed by atoms with Gasteiger partial charge >= 0.3 is 0 Å². The van der Waals surface area contributed by atoms with Gasteiger partial charge in [0.1, 0.15) is 5.75 Å². The number of hydrogen-bond acceptors (Lipinski definition) is 2. The van der Waals surface area contributed by atoms with Crippen LogP contribution < -0.4 is 10.1 Å². The van der Waals surface area contributed by atoms with Crippen LogP contribution in [0, 0.1) is 20.8 Å². The van der Waals surface area contributed by atoms with E-state index in [0.717, 1.165) is 18.0 Å². The highest BCUT2D eigenvalue weighted by molar-refractivity contribution is 5.54. The van der Waals surface area contributed by atoms with Crippen molar-refractivity contribution < 1.29 is 4.74 Å². The van der Waals surface area contributed by atoms with Crippen LogP contribution in [-0.2, 0) is 6.54 Å². The molecule has 19 heavy (non-hydrogen) atoms. The van der Waals surface area contributed by atoms with Gasteiger partial charge in [0.25, 0.3) is 0 Å². The molecule has 0 saturated heterocycles. The first-order chi connectivity index (χ1) is 9.11. The number of aryl methyl sites for hydroxylation is 2. The standard InChI is InChI=1S/C17H21NO/c1-12-6-5-7-15(14(12)3)11-18-17-9-8-16(19-4)10-13(17)2/h5-10,18H,11H2,1-4H3.